The first-order chi connectivity index (χ1) is 10.5. The molecule has 1 fully saturated rings. The van der Waals surface area contributed by atoms with Gasteiger partial charge in [-0.15, -0.1) is 12.4 Å². The van der Waals surface area contributed by atoms with Gasteiger partial charge in [0.25, 0.3) is 0 Å². The fourth-order valence-corrected chi connectivity index (χ4v) is 3.69. The van der Waals surface area contributed by atoms with Gasteiger partial charge in [-0.05, 0) is 62.0 Å². The van der Waals surface area contributed by atoms with Gasteiger partial charge in [0, 0.05) is 6.54 Å². The normalized spacial score (nSPS) is 17.3. The molecule has 2 N–H and O–H groups in total. The zero-order valence-electron chi connectivity index (χ0n) is 13.8. The van der Waals surface area contributed by atoms with Gasteiger partial charge in [-0.3, -0.25) is 0 Å². The predicted molar refractivity (Wildman–Crippen MR) is 94.9 cm³/mol. The van der Waals surface area contributed by atoms with Gasteiger partial charge >= 0.3 is 0 Å². The quantitative estimate of drug-likeness (QED) is 0.782. The molecule has 1 saturated heterocycles. The van der Waals surface area contributed by atoms with Gasteiger partial charge in [-0.25, -0.2) is 13.1 Å². The predicted octanol–water partition coefficient (Wildman–Crippen LogP) is 2.57. The highest BCUT2D eigenvalue weighted by Crippen LogP contribution is 2.27. The number of piperidine rings is 1. The van der Waals surface area contributed by atoms with Crippen molar-refractivity contribution in [2.24, 2.45) is 5.41 Å². The van der Waals surface area contributed by atoms with E-state index in [4.69, 9.17) is 4.74 Å². The lowest BCUT2D eigenvalue weighted by atomic mass is 9.81. The molecule has 0 atom stereocenters. The molecule has 0 bridgehead atoms. The molecule has 0 amide bonds. The van der Waals surface area contributed by atoms with Crippen LogP contribution in [-0.4, -0.2) is 34.7 Å². The first kappa shape index (κ1) is 20.2. The number of rotatable bonds is 7. The SMILES string of the molecule is CCCOc1ccc(S(=O)(=O)NCC2(C)CCNCC2)cc1.Cl. The van der Waals surface area contributed by atoms with Crippen LogP contribution in [0.1, 0.15) is 33.1 Å². The zero-order valence-corrected chi connectivity index (χ0v) is 15.4. The molecule has 1 aliphatic heterocycles. The summed E-state index contributed by atoms with van der Waals surface area (Å²) in [6.07, 6.45) is 2.90. The van der Waals surface area contributed by atoms with Crippen LogP contribution in [0.15, 0.2) is 29.2 Å². The van der Waals surface area contributed by atoms with Crippen LogP contribution in [0.25, 0.3) is 0 Å². The average molecular weight is 363 g/mol. The van der Waals surface area contributed by atoms with Crippen molar-refractivity contribution in [3.63, 3.8) is 0 Å². The fourth-order valence-electron chi connectivity index (χ4n) is 2.49. The summed E-state index contributed by atoms with van der Waals surface area (Å²) in [5, 5.41) is 3.30. The Morgan fingerprint density at radius 1 is 1.22 bits per heavy atom. The molecule has 1 aliphatic rings. The smallest absolute Gasteiger partial charge is 0.240 e. The number of benzene rings is 1. The molecule has 0 saturated carbocycles. The lowest BCUT2D eigenvalue weighted by Gasteiger charge is -2.34. The minimum Gasteiger partial charge on any atom is -0.494 e. The van der Waals surface area contributed by atoms with E-state index in [1.54, 1.807) is 24.3 Å². The Labute approximate surface area is 145 Å². The Morgan fingerprint density at radius 2 is 1.83 bits per heavy atom. The van der Waals surface area contributed by atoms with Gasteiger partial charge in [0.15, 0.2) is 0 Å². The summed E-state index contributed by atoms with van der Waals surface area (Å²) in [6, 6.07) is 6.60. The highest BCUT2D eigenvalue weighted by molar-refractivity contribution is 7.89. The highest BCUT2D eigenvalue weighted by Gasteiger charge is 2.28. The minimum atomic E-state index is -3.46. The third kappa shape index (κ3) is 5.95. The van der Waals surface area contributed by atoms with Crippen LogP contribution in [0.4, 0.5) is 0 Å². The molecule has 23 heavy (non-hydrogen) atoms. The molecule has 1 aromatic rings. The molecule has 0 radical (unpaired) electrons. The molecular formula is C16H27ClN2O3S. The van der Waals surface area contributed by atoms with E-state index < -0.39 is 10.0 Å². The topological polar surface area (TPSA) is 67.4 Å². The van der Waals surface area contributed by atoms with Crippen LogP contribution in [0, 0.1) is 5.41 Å². The number of hydrogen-bond donors (Lipinski definition) is 2. The third-order valence-corrected chi connectivity index (χ3v) is 5.52. The van der Waals surface area contributed by atoms with Crippen LogP contribution in [0.2, 0.25) is 0 Å². The van der Waals surface area contributed by atoms with E-state index in [0.717, 1.165) is 32.4 Å². The summed E-state index contributed by atoms with van der Waals surface area (Å²) in [5.74, 6) is 0.700. The van der Waals surface area contributed by atoms with Crippen LogP contribution in [-0.2, 0) is 10.0 Å². The number of halogens is 1. The van der Waals surface area contributed by atoms with Gasteiger partial charge in [0.05, 0.1) is 11.5 Å². The second-order valence-electron chi connectivity index (χ2n) is 6.21. The van der Waals surface area contributed by atoms with E-state index in [2.05, 4.69) is 17.0 Å². The van der Waals surface area contributed by atoms with Crippen molar-refractivity contribution in [3.05, 3.63) is 24.3 Å². The summed E-state index contributed by atoms with van der Waals surface area (Å²) in [5.41, 5.74) is 0.0303. The molecule has 1 aromatic carbocycles. The maximum Gasteiger partial charge on any atom is 0.240 e. The van der Waals surface area contributed by atoms with Gasteiger partial charge in [-0.1, -0.05) is 13.8 Å². The molecular weight excluding hydrogens is 336 g/mol. The van der Waals surface area contributed by atoms with Crippen LogP contribution >= 0.6 is 12.4 Å². The van der Waals surface area contributed by atoms with Gasteiger partial charge in [0.1, 0.15) is 5.75 Å². The molecule has 0 spiro atoms. The van der Waals surface area contributed by atoms with Crippen molar-refractivity contribution >= 4 is 22.4 Å². The average Bonchev–Trinajstić information content (AvgIpc) is 2.52. The summed E-state index contributed by atoms with van der Waals surface area (Å²) in [6.45, 7) is 7.17. The maximum atomic E-state index is 12.4. The summed E-state index contributed by atoms with van der Waals surface area (Å²) in [7, 11) is -3.46. The van der Waals surface area contributed by atoms with Crippen molar-refractivity contribution in [1.82, 2.24) is 10.0 Å². The van der Waals surface area contributed by atoms with E-state index in [9.17, 15) is 8.42 Å². The van der Waals surface area contributed by atoms with Crippen molar-refractivity contribution in [2.45, 2.75) is 38.0 Å². The number of ether oxygens (including phenoxy) is 1. The van der Waals surface area contributed by atoms with Crippen LogP contribution in [0.5, 0.6) is 5.75 Å². The molecule has 1 heterocycles. The fraction of sp³-hybridized carbons (Fsp3) is 0.625. The van der Waals surface area contributed by atoms with Crippen molar-refractivity contribution in [3.8, 4) is 5.75 Å². The lowest BCUT2D eigenvalue weighted by Crippen LogP contribution is -2.42. The highest BCUT2D eigenvalue weighted by atomic mass is 35.5. The van der Waals surface area contributed by atoms with E-state index in [1.807, 2.05) is 6.92 Å². The monoisotopic (exact) mass is 362 g/mol. The van der Waals surface area contributed by atoms with Gasteiger partial charge in [-0.2, -0.15) is 0 Å². The molecule has 0 aromatic heterocycles. The second-order valence-corrected chi connectivity index (χ2v) is 7.97. The van der Waals surface area contributed by atoms with E-state index >= 15 is 0 Å². The summed E-state index contributed by atoms with van der Waals surface area (Å²) < 4.78 is 33.0. The summed E-state index contributed by atoms with van der Waals surface area (Å²) in [4.78, 5) is 0.286. The second kappa shape index (κ2) is 8.87. The van der Waals surface area contributed by atoms with E-state index in [1.165, 1.54) is 0 Å². The first-order valence-corrected chi connectivity index (χ1v) is 9.37. The van der Waals surface area contributed by atoms with E-state index in [0.29, 0.717) is 18.9 Å². The Morgan fingerprint density at radius 3 is 2.39 bits per heavy atom. The maximum absolute atomic E-state index is 12.4. The molecule has 7 heteroatoms. The standard InChI is InChI=1S/C16H26N2O3S.ClH/c1-3-12-21-14-4-6-15(7-5-14)22(19,20)18-13-16(2)8-10-17-11-9-16;/h4-7,17-18H,3,8-13H2,1-2H3;1H. The Hall–Kier alpha value is -0.820. The molecule has 0 unspecified atom stereocenters. The molecule has 132 valence electrons. The zero-order chi connectivity index (χ0) is 16.1. The lowest BCUT2D eigenvalue weighted by molar-refractivity contribution is 0.232. The van der Waals surface area contributed by atoms with Crippen molar-refractivity contribution in [2.75, 3.05) is 26.2 Å². The van der Waals surface area contributed by atoms with Gasteiger partial charge < -0.3 is 10.1 Å². The van der Waals surface area contributed by atoms with Crippen LogP contribution < -0.4 is 14.8 Å². The molecule has 5 nitrogen and oxygen atoms in total. The Bertz CT molecular complexity index is 569. The van der Waals surface area contributed by atoms with Crippen molar-refractivity contribution < 1.29 is 13.2 Å². The Balaban J connectivity index is 0.00000264. The van der Waals surface area contributed by atoms with Gasteiger partial charge in [0.2, 0.25) is 10.0 Å². The number of sulfonamides is 1. The number of hydrogen-bond acceptors (Lipinski definition) is 4. The van der Waals surface area contributed by atoms with Crippen LogP contribution in [0.3, 0.4) is 0 Å². The molecule has 2 rings (SSSR count). The minimum absolute atomic E-state index is 0. The first-order valence-electron chi connectivity index (χ1n) is 7.88. The van der Waals surface area contributed by atoms with Crippen molar-refractivity contribution in [1.29, 1.82) is 0 Å². The van der Waals surface area contributed by atoms with E-state index in [-0.39, 0.29) is 22.7 Å². The summed E-state index contributed by atoms with van der Waals surface area (Å²) >= 11 is 0. The number of nitrogens with one attached hydrogen (secondary N) is 2. The largest absolute Gasteiger partial charge is 0.494 e. The molecule has 0 aliphatic carbocycles. The Kier molecular flexibility index (Phi) is 7.80. The third-order valence-electron chi connectivity index (χ3n) is 4.11.